The maximum absolute atomic E-state index is 13.3. The molecule has 10 nitrogen and oxygen atoms in total. The highest BCUT2D eigenvalue weighted by atomic mass is 32.2. The summed E-state index contributed by atoms with van der Waals surface area (Å²) in [7, 11) is 0. The van der Waals surface area contributed by atoms with Crippen LogP contribution in [-0.2, 0) is 4.79 Å². The molecule has 1 saturated heterocycles. The van der Waals surface area contributed by atoms with Crippen LogP contribution in [0.4, 0.5) is 11.9 Å². The van der Waals surface area contributed by atoms with E-state index in [9.17, 15) is 4.79 Å². The number of rotatable bonds is 8. The van der Waals surface area contributed by atoms with E-state index in [-0.39, 0.29) is 17.7 Å². The number of pyridine rings is 1. The summed E-state index contributed by atoms with van der Waals surface area (Å²) in [4.78, 5) is 28.4. The third-order valence-electron chi connectivity index (χ3n) is 5.40. The Bertz CT molecular complexity index is 1040. The second-order valence-electron chi connectivity index (χ2n) is 7.57. The van der Waals surface area contributed by atoms with Crippen molar-refractivity contribution in [1.29, 1.82) is 0 Å². The SMILES string of the molecule is CCNc1nc(NCC)n2c(SCC(=O)N3CCCCCC3c3ccncc3)nnc2n1. The van der Waals surface area contributed by atoms with Crippen molar-refractivity contribution in [2.24, 2.45) is 0 Å². The molecule has 1 aliphatic rings. The van der Waals surface area contributed by atoms with Gasteiger partial charge in [-0.1, -0.05) is 24.6 Å². The van der Waals surface area contributed by atoms with E-state index >= 15 is 0 Å². The van der Waals surface area contributed by atoms with Crippen LogP contribution < -0.4 is 10.6 Å². The lowest BCUT2D eigenvalue weighted by atomic mass is 10.0. The Morgan fingerprint density at radius 1 is 1.09 bits per heavy atom. The first kappa shape index (κ1) is 22.3. The molecule has 4 rings (SSSR count). The molecule has 3 aromatic rings. The lowest BCUT2D eigenvalue weighted by Gasteiger charge is -2.30. The molecule has 0 saturated carbocycles. The summed E-state index contributed by atoms with van der Waals surface area (Å²) in [5.41, 5.74) is 1.15. The predicted octanol–water partition coefficient (Wildman–Crippen LogP) is 3.01. The van der Waals surface area contributed by atoms with Gasteiger partial charge in [0.05, 0.1) is 11.8 Å². The first-order valence-electron chi connectivity index (χ1n) is 11.1. The van der Waals surface area contributed by atoms with Crippen molar-refractivity contribution < 1.29 is 4.79 Å². The summed E-state index contributed by atoms with van der Waals surface area (Å²) < 4.78 is 1.77. The number of hydrogen-bond acceptors (Lipinski definition) is 9. The fourth-order valence-corrected chi connectivity index (χ4v) is 4.76. The van der Waals surface area contributed by atoms with Crippen molar-refractivity contribution in [2.75, 3.05) is 36.0 Å². The van der Waals surface area contributed by atoms with Gasteiger partial charge in [0.15, 0.2) is 5.16 Å². The molecule has 0 radical (unpaired) electrons. The van der Waals surface area contributed by atoms with Crippen LogP contribution in [-0.4, -0.2) is 65.7 Å². The molecule has 0 spiro atoms. The maximum Gasteiger partial charge on any atom is 0.261 e. The van der Waals surface area contributed by atoms with Crippen LogP contribution in [0.3, 0.4) is 0 Å². The molecule has 4 heterocycles. The van der Waals surface area contributed by atoms with Crippen LogP contribution in [0.2, 0.25) is 0 Å². The molecule has 1 fully saturated rings. The van der Waals surface area contributed by atoms with Crippen molar-refractivity contribution in [1.82, 2.24) is 34.4 Å². The summed E-state index contributed by atoms with van der Waals surface area (Å²) in [5.74, 6) is 1.94. The fraction of sp³-hybridized carbons (Fsp3) is 0.524. The predicted molar refractivity (Wildman–Crippen MR) is 125 cm³/mol. The second-order valence-corrected chi connectivity index (χ2v) is 8.51. The second kappa shape index (κ2) is 10.6. The zero-order chi connectivity index (χ0) is 22.3. The minimum Gasteiger partial charge on any atom is -0.355 e. The Labute approximate surface area is 191 Å². The van der Waals surface area contributed by atoms with Crippen LogP contribution in [0, 0.1) is 0 Å². The Hall–Kier alpha value is -2.95. The van der Waals surface area contributed by atoms with Crippen LogP contribution in [0.25, 0.3) is 5.78 Å². The van der Waals surface area contributed by atoms with Crippen molar-refractivity contribution in [3.05, 3.63) is 30.1 Å². The number of thioether (sulfide) groups is 1. The summed E-state index contributed by atoms with van der Waals surface area (Å²) in [6.45, 7) is 6.16. The first-order valence-corrected chi connectivity index (χ1v) is 12.1. The van der Waals surface area contributed by atoms with Crippen LogP contribution >= 0.6 is 11.8 Å². The van der Waals surface area contributed by atoms with Gasteiger partial charge in [0, 0.05) is 32.0 Å². The van der Waals surface area contributed by atoms with E-state index in [0.29, 0.717) is 35.9 Å². The van der Waals surface area contributed by atoms with E-state index in [0.717, 1.165) is 37.8 Å². The van der Waals surface area contributed by atoms with Gasteiger partial charge < -0.3 is 15.5 Å². The monoisotopic (exact) mass is 455 g/mol. The minimum absolute atomic E-state index is 0.0899. The smallest absolute Gasteiger partial charge is 0.261 e. The van der Waals surface area contributed by atoms with E-state index in [1.54, 1.807) is 16.8 Å². The summed E-state index contributed by atoms with van der Waals surface area (Å²) in [5, 5.41) is 15.4. The minimum atomic E-state index is 0.0899. The summed E-state index contributed by atoms with van der Waals surface area (Å²) in [6, 6.07) is 4.11. The highest BCUT2D eigenvalue weighted by molar-refractivity contribution is 7.99. The molecule has 170 valence electrons. The van der Waals surface area contributed by atoms with E-state index in [1.807, 2.05) is 30.9 Å². The molecule has 3 aromatic heterocycles. The molecule has 2 N–H and O–H groups in total. The number of nitrogens with zero attached hydrogens (tertiary/aromatic N) is 7. The Morgan fingerprint density at radius 3 is 2.69 bits per heavy atom. The van der Waals surface area contributed by atoms with Crippen molar-refractivity contribution in [3.8, 4) is 0 Å². The molecule has 1 amide bonds. The van der Waals surface area contributed by atoms with E-state index < -0.39 is 0 Å². The van der Waals surface area contributed by atoms with Crippen LogP contribution in [0.1, 0.15) is 51.1 Å². The van der Waals surface area contributed by atoms with Gasteiger partial charge in [-0.2, -0.15) is 9.97 Å². The van der Waals surface area contributed by atoms with Gasteiger partial charge in [0.25, 0.3) is 5.78 Å². The maximum atomic E-state index is 13.3. The van der Waals surface area contributed by atoms with Gasteiger partial charge in [-0.15, -0.1) is 10.2 Å². The molecule has 1 unspecified atom stereocenters. The lowest BCUT2D eigenvalue weighted by molar-refractivity contribution is -0.130. The fourth-order valence-electron chi connectivity index (χ4n) is 3.95. The molecule has 0 aliphatic carbocycles. The topological polar surface area (TPSA) is 113 Å². The van der Waals surface area contributed by atoms with Gasteiger partial charge >= 0.3 is 0 Å². The lowest BCUT2D eigenvalue weighted by Crippen LogP contribution is -2.36. The average molecular weight is 456 g/mol. The third kappa shape index (κ3) is 4.93. The molecular formula is C21H29N9OS. The van der Waals surface area contributed by atoms with Gasteiger partial charge in [0.2, 0.25) is 17.8 Å². The molecular weight excluding hydrogens is 426 g/mol. The Balaban J connectivity index is 1.53. The quantitative estimate of drug-likeness (QED) is 0.495. The number of anilines is 2. The number of amides is 1. The molecule has 1 aliphatic heterocycles. The van der Waals surface area contributed by atoms with E-state index in [2.05, 4.69) is 35.8 Å². The average Bonchev–Trinajstić information content (AvgIpc) is 3.05. The zero-order valence-corrected chi connectivity index (χ0v) is 19.3. The van der Waals surface area contributed by atoms with Crippen molar-refractivity contribution >= 4 is 35.3 Å². The third-order valence-corrected chi connectivity index (χ3v) is 6.32. The van der Waals surface area contributed by atoms with Crippen LogP contribution in [0.5, 0.6) is 0 Å². The number of aromatic nitrogens is 6. The Kier molecular flexibility index (Phi) is 7.35. The first-order chi connectivity index (χ1) is 15.7. The molecule has 32 heavy (non-hydrogen) atoms. The molecule has 0 bridgehead atoms. The Morgan fingerprint density at radius 2 is 1.91 bits per heavy atom. The number of hydrogen-bond donors (Lipinski definition) is 2. The van der Waals surface area contributed by atoms with Gasteiger partial charge in [-0.05, 0) is 44.4 Å². The molecule has 11 heteroatoms. The van der Waals surface area contributed by atoms with E-state index in [4.69, 9.17) is 0 Å². The number of carbonyl (C=O) groups excluding carboxylic acids is 1. The standard InChI is InChI=1S/C21H29N9OS/c1-3-23-18-25-19(24-4-2)30-20(26-18)27-28-21(30)32-14-17(31)29-13-7-5-6-8-16(29)15-9-11-22-12-10-15/h9-12,16H,3-8,13-14H2,1-2H3,(H2,23,24,25,26,27). The van der Waals surface area contributed by atoms with Crippen molar-refractivity contribution in [3.63, 3.8) is 0 Å². The van der Waals surface area contributed by atoms with E-state index in [1.165, 1.54) is 11.8 Å². The summed E-state index contributed by atoms with van der Waals surface area (Å²) in [6.07, 6.45) is 7.85. The van der Waals surface area contributed by atoms with Crippen LogP contribution in [0.15, 0.2) is 29.7 Å². The van der Waals surface area contributed by atoms with Crippen molar-refractivity contribution in [2.45, 2.75) is 50.7 Å². The summed E-state index contributed by atoms with van der Waals surface area (Å²) >= 11 is 1.37. The largest absolute Gasteiger partial charge is 0.355 e. The number of fused-ring (bicyclic) bond motifs is 1. The number of likely N-dealkylation sites (tertiary alicyclic amines) is 1. The van der Waals surface area contributed by atoms with Gasteiger partial charge in [0.1, 0.15) is 0 Å². The highest BCUT2D eigenvalue weighted by Crippen LogP contribution is 2.31. The molecule has 1 atom stereocenters. The zero-order valence-electron chi connectivity index (χ0n) is 18.5. The number of nitrogens with one attached hydrogen (secondary N) is 2. The normalized spacial score (nSPS) is 16.7. The highest BCUT2D eigenvalue weighted by Gasteiger charge is 2.27. The number of carbonyl (C=O) groups is 1. The molecule has 0 aromatic carbocycles. The van der Waals surface area contributed by atoms with Gasteiger partial charge in [-0.25, -0.2) is 4.40 Å². The van der Waals surface area contributed by atoms with Gasteiger partial charge in [-0.3, -0.25) is 9.78 Å².